The Morgan fingerprint density at radius 3 is 2.64 bits per heavy atom. The Hall–Kier alpha value is -2.40. The SMILES string of the molecule is CCc1ccc(Cn2nccc2NC(=O)c2cccs2)cc1. The number of benzene rings is 1. The summed E-state index contributed by atoms with van der Waals surface area (Å²) in [5.41, 5.74) is 2.47. The third-order valence-corrected chi connectivity index (χ3v) is 4.34. The number of rotatable bonds is 5. The van der Waals surface area contributed by atoms with E-state index in [4.69, 9.17) is 0 Å². The van der Waals surface area contributed by atoms with Gasteiger partial charge < -0.3 is 5.32 Å². The van der Waals surface area contributed by atoms with Crippen LogP contribution in [0.2, 0.25) is 0 Å². The van der Waals surface area contributed by atoms with Gasteiger partial charge in [0.25, 0.3) is 5.91 Å². The molecule has 4 nitrogen and oxygen atoms in total. The number of carbonyl (C=O) groups is 1. The molecule has 112 valence electrons. The molecule has 0 unspecified atom stereocenters. The van der Waals surface area contributed by atoms with Crippen LogP contribution in [-0.4, -0.2) is 15.7 Å². The fourth-order valence-electron chi connectivity index (χ4n) is 2.20. The molecule has 3 rings (SSSR count). The number of nitrogens with zero attached hydrogens (tertiary/aromatic N) is 2. The van der Waals surface area contributed by atoms with Crippen molar-refractivity contribution in [3.05, 3.63) is 70.0 Å². The van der Waals surface area contributed by atoms with Crippen LogP contribution in [0.4, 0.5) is 5.82 Å². The van der Waals surface area contributed by atoms with E-state index in [9.17, 15) is 4.79 Å². The maximum Gasteiger partial charge on any atom is 0.266 e. The van der Waals surface area contributed by atoms with E-state index in [0.29, 0.717) is 17.2 Å². The van der Waals surface area contributed by atoms with Crippen LogP contribution in [0.15, 0.2) is 54.0 Å². The molecule has 0 aliphatic rings. The summed E-state index contributed by atoms with van der Waals surface area (Å²) < 4.78 is 1.80. The fourth-order valence-corrected chi connectivity index (χ4v) is 2.82. The topological polar surface area (TPSA) is 46.9 Å². The maximum absolute atomic E-state index is 12.1. The van der Waals surface area contributed by atoms with Crippen molar-refractivity contribution in [2.24, 2.45) is 0 Å². The van der Waals surface area contributed by atoms with Crippen molar-refractivity contribution in [1.82, 2.24) is 9.78 Å². The third-order valence-electron chi connectivity index (χ3n) is 3.47. The zero-order valence-electron chi connectivity index (χ0n) is 12.3. The second-order valence-electron chi connectivity index (χ2n) is 4.98. The molecule has 2 aromatic heterocycles. The Balaban J connectivity index is 1.72. The highest BCUT2D eigenvalue weighted by Gasteiger charge is 2.10. The number of thiophene rings is 1. The van der Waals surface area contributed by atoms with Crippen LogP contribution in [0.25, 0.3) is 0 Å². The van der Waals surface area contributed by atoms with Crippen LogP contribution in [0, 0.1) is 0 Å². The smallest absolute Gasteiger partial charge is 0.266 e. The van der Waals surface area contributed by atoms with Gasteiger partial charge in [-0.2, -0.15) is 5.10 Å². The molecule has 0 radical (unpaired) electrons. The van der Waals surface area contributed by atoms with Crippen molar-refractivity contribution >= 4 is 23.1 Å². The number of hydrogen-bond donors (Lipinski definition) is 1. The van der Waals surface area contributed by atoms with E-state index in [1.54, 1.807) is 10.9 Å². The number of aromatic nitrogens is 2. The van der Waals surface area contributed by atoms with Crippen LogP contribution in [-0.2, 0) is 13.0 Å². The molecular weight excluding hydrogens is 294 g/mol. The van der Waals surface area contributed by atoms with Gasteiger partial charge in [-0.15, -0.1) is 11.3 Å². The van der Waals surface area contributed by atoms with Crippen molar-refractivity contribution in [1.29, 1.82) is 0 Å². The van der Waals surface area contributed by atoms with E-state index in [2.05, 4.69) is 41.6 Å². The molecule has 1 N–H and O–H groups in total. The summed E-state index contributed by atoms with van der Waals surface area (Å²) in [6, 6.07) is 13.9. The average Bonchev–Trinajstić information content (AvgIpc) is 3.20. The zero-order valence-corrected chi connectivity index (χ0v) is 13.1. The van der Waals surface area contributed by atoms with Gasteiger partial charge >= 0.3 is 0 Å². The fraction of sp³-hybridized carbons (Fsp3) is 0.176. The van der Waals surface area contributed by atoms with Gasteiger partial charge in [0.05, 0.1) is 17.6 Å². The summed E-state index contributed by atoms with van der Waals surface area (Å²) in [6.45, 7) is 2.78. The van der Waals surface area contributed by atoms with Gasteiger partial charge in [0, 0.05) is 6.07 Å². The summed E-state index contributed by atoms with van der Waals surface area (Å²) >= 11 is 1.43. The van der Waals surface area contributed by atoms with Crippen molar-refractivity contribution in [2.75, 3.05) is 5.32 Å². The Bertz CT molecular complexity index is 745. The van der Waals surface area contributed by atoms with Crippen molar-refractivity contribution < 1.29 is 4.79 Å². The molecule has 0 bridgehead atoms. The van der Waals surface area contributed by atoms with E-state index in [0.717, 1.165) is 12.0 Å². The molecule has 1 aromatic carbocycles. The minimum absolute atomic E-state index is 0.0990. The summed E-state index contributed by atoms with van der Waals surface area (Å²) in [7, 11) is 0. The zero-order chi connectivity index (χ0) is 15.4. The monoisotopic (exact) mass is 311 g/mol. The number of nitrogens with one attached hydrogen (secondary N) is 1. The molecular formula is C17H17N3OS. The lowest BCUT2D eigenvalue weighted by Crippen LogP contribution is -2.15. The molecule has 2 heterocycles. The van der Waals surface area contributed by atoms with Crippen molar-refractivity contribution in [3.8, 4) is 0 Å². The first-order valence-corrected chi connectivity index (χ1v) is 8.08. The Labute approximate surface area is 133 Å². The molecule has 0 atom stereocenters. The number of anilines is 1. The van der Waals surface area contributed by atoms with Crippen LogP contribution in [0.3, 0.4) is 0 Å². The van der Waals surface area contributed by atoms with Gasteiger partial charge in [-0.25, -0.2) is 4.68 Å². The van der Waals surface area contributed by atoms with E-state index in [1.165, 1.54) is 16.9 Å². The first-order chi connectivity index (χ1) is 10.8. The first-order valence-electron chi connectivity index (χ1n) is 7.20. The van der Waals surface area contributed by atoms with Crippen molar-refractivity contribution in [3.63, 3.8) is 0 Å². The van der Waals surface area contributed by atoms with Crippen molar-refractivity contribution in [2.45, 2.75) is 19.9 Å². The Morgan fingerprint density at radius 1 is 1.18 bits per heavy atom. The molecule has 0 aliphatic heterocycles. The minimum atomic E-state index is -0.0990. The highest BCUT2D eigenvalue weighted by Crippen LogP contribution is 2.15. The second-order valence-corrected chi connectivity index (χ2v) is 5.92. The van der Waals surface area contributed by atoms with E-state index >= 15 is 0 Å². The second kappa shape index (κ2) is 6.58. The molecule has 0 saturated heterocycles. The normalized spacial score (nSPS) is 10.6. The number of amides is 1. The molecule has 22 heavy (non-hydrogen) atoms. The summed E-state index contributed by atoms with van der Waals surface area (Å²) in [5.74, 6) is 0.607. The molecule has 3 aromatic rings. The average molecular weight is 311 g/mol. The summed E-state index contributed by atoms with van der Waals surface area (Å²) in [5, 5.41) is 9.09. The van der Waals surface area contributed by atoms with Gasteiger partial charge in [-0.3, -0.25) is 4.79 Å². The lowest BCUT2D eigenvalue weighted by atomic mass is 10.1. The van der Waals surface area contributed by atoms with Crippen LogP contribution < -0.4 is 5.32 Å². The standard InChI is InChI=1S/C17H17N3OS/c1-2-13-5-7-14(8-6-13)12-20-16(9-10-18-20)19-17(21)15-4-3-11-22-15/h3-11H,2,12H2,1H3,(H,19,21). The van der Waals surface area contributed by atoms with E-state index < -0.39 is 0 Å². The predicted molar refractivity (Wildman–Crippen MR) is 89.4 cm³/mol. The largest absolute Gasteiger partial charge is 0.306 e. The maximum atomic E-state index is 12.1. The van der Waals surface area contributed by atoms with Gasteiger partial charge in [-0.1, -0.05) is 37.3 Å². The number of aryl methyl sites for hydroxylation is 1. The number of hydrogen-bond acceptors (Lipinski definition) is 3. The minimum Gasteiger partial charge on any atom is -0.306 e. The quantitative estimate of drug-likeness (QED) is 0.779. The van der Waals surface area contributed by atoms with Gasteiger partial charge in [0.1, 0.15) is 5.82 Å². The van der Waals surface area contributed by atoms with E-state index in [1.807, 2.05) is 23.6 Å². The highest BCUT2D eigenvalue weighted by atomic mass is 32.1. The first kappa shape index (κ1) is 14.5. The van der Waals surface area contributed by atoms with Crippen LogP contribution in [0.5, 0.6) is 0 Å². The van der Waals surface area contributed by atoms with Gasteiger partial charge in [0.2, 0.25) is 0 Å². The summed E-state index contributed by atoms with van der Waals surface area (Å²) in [6.07, 6.45) is 2.73. The molecule has 0 aliphatic carbocycles. The molecule has 0 saturated carbocycles. The van der Waals surface area contributed by atoms with E-state index in [-0.39, 0.29) is 5.91 Å². The Morgan fingerprint density at radius 2 is 1.95 bits per heavy atom. The molecule has 0 fully saturated rings. The van der Waals surface area contributed by atoms with Gasteiger partial charge in [0.15, 0.2) is 0 Å². The summed E-state index contributed by atoms with van der Waals surface area (Å²) in [4.78, 5) is 12.8. The molecule has 1 amide bonds. The lowest BCUT2D eigenvalue weighted by molar-refractivity contribution is 0.102. The Kier molecular flexibility index (Phi) is 4.34. The lowest BCUT2D eigenvalue weighted by Gasteiger charge is -2.09. The molecule has 0 spiro atoms. The van der Waals surface area contributed by atoms with Crippen LogP contribution >= 0.6 is 11.3 Å². The highest BCUT2D eigenvalue weighted by molar-refractivity contribution is 7.12. The van der Waals surface area contributed by atoms with Crippen LogP contribution in [0.1, 0.15) is 27.7 Å². The van der Waals surface area contributed by atoms with Gasteiger partial charge in [-0.05, 0) is 29.0 Å². The molecule has 5 heteroatoms. The number of carbonyl (C=O) groups excluding carboxylic acids is 1. The predicted octanol–water partition coefficient (Wildman–Crippen LogP) is 3.81. The third kappa shape index (κ3) is 3.26.